The molecule has 170 valence electrons. The molecule has 0 unspecified atom stereocenters. The van der Waals surface area contributed by atoms with Crippen molar-refractivity contribution in [1.82, 2.24) is 19.9 Å². The van der Waals surface area contributed by atoms with Gasteiger partial charge in [-0.15, -0.1) is 0 Å². The van der Waals surface area contributed by atoms with E-state index in [9.17, 15) is 0 Å². The van der Waals surface area contributed by atoms with Crippen LogP contribution in [-0.4, -0.2) is 19.9 Å². The summed E-state index contributed by atoms with van der Waals surface area (Å²) in [6, 6.07) is 37.1. The molecule has 0 aliphatic rings. The minimum atomic E-state index is 0.682. The molecule has 3 aromatic carbocycles. The average Bonchev–Trinajstić information content (AvgIpc) is 2.98. The summed E-state index contributed by atoms with van der Waals surface area (Å²) >= 11 is 0. The Bertz CT molecular complexity index is 1360. The van der Waals surface area contributed by atoms with Crippen LogP contribution in [0.1, 0.15) is 0 Å². The summed E-state index contributed by atoms with van der Waals surface area (Å²) in [5, 5.41) is 0. The van der Waals surface area contributed by atoms with E-state index in [1.165, 1.54) is 0 Å². The number of nitrogens with zero attached hydrogens (tertiary/aromatic N) is 4. The molecular formula is C32H22N4. The maximum absolute atomic E-state index is 5.03. The molecule has 0 bridgehead atoms. The zero-order valence-electron chi connectivity index (χ0n) is 19.5. The van der Waals surface area contributed by atoms with Gasteiger partial charge >= 0.3 is 0 Å². The Hall–Kier alpha value is -4.96. The molecule has 0 radical (unpaired) electrons. The monoisotopic (exact) mass is 462 g/mol. The Labute approximate surface area is 210 Å². The van der Waals surface area contributed by atoms with Gasteiger partial charge < -0.3 is 0 Å². The molecule has 0 N–H and O–H groups in total. The van der Waals surface area contributed by atoms with Gasteiger partial charge in [0.1, 0.15) is 0 Å². The lowest BCUT2D eigenvalue weighted by Gasteiger charge is -2.13. The first kappa shape index (κ1) is 21.6. The summed E-state index contributed by atoms with van der Waals surface area (Å²) < 4.78 is 0. The molecule has 0 saturated carbocycles. The molecule has 4 heteroatoms. The normalized spacial score (nSPS) is 10.8. The van der Waals surface area contributed by atoms with Gasteiger partial charge in [0.15, 0.2) is 5.82 Å². The van der Waals surface area contributed by atoms with Crippen LogP contribution in [0.5, 0.6) is 0 Å². The van der Waals surface area contributed by atoms with Crippen LogP contribution in [0.4, 0.5) is 0 Å². The minimum absolute atomic E-state index is 0.682. The summed E-state index contributed by atoms with van der Waals surface area (Å²) in [5.74, 6) is 0.682. The number of aromatic nitrogens is 4. The van der Waals surface area contributed by atoms with Crippen LogP contribution in [-0.2, 0) is 0 Å². The van der Waals surface area contributed by atoms with Gasteiger partial charge in [-0.1, -0.05) is 60.7 Å². The third-order valence-electron chi connectivity index (χ3n) is 6.08. The molecule has 0 atom stereocenters. The van der Waals surface area contributed by atoms with Crippen molar-refractivity contribution in [2.75, 3.05) is 0 Å². The summed E-state index contributed by atoms with van der Waals surface area (Å²) in [5.41, 5.74) is 9.17. The van der Waals surface area contributed by atoms with Crippen molar-refractivity contribution in [1.29, 1.82) is 0 Å². The second-order valence-corrected chi connectivity index (χ2v) is 8.46. The van der Waals surface area contributed by atoms with Gasteiger partial charge in [0, 0.05) is 41.5 Å². The Morgan fingerprint density at radius 2 is 0.750 bits per heavy atom. The molecule has 3 aromatic heterocycles. The van der Waals surface area contributed by atoms with Gasteiger partial charge in [-0.2, -0.15) is 0 Å². The molecular weight excluding hydrogens is 440 g/mol. The number of rotatable bonds is 5. The zero-order chi connectivity index (χ0) is 24.2. The highest BCUT2D eigenvalue weighted by atomic mass is 14.9. The fourth-order valence-corrected chi connectivity index (χ4v) is 4.27. The maximum atomic E-state index is 5.03. The van der Waals surface area contributed by atoms with Crippen molar-refractivity contribution in [3.63, 3.8) is 0 Å². The first-order valence-corrected chi connectivity index (χ1v) is 11.8. The van der Waals surface area contributed by atoms with E-state index in [4.69, 9.17) is 9.97 Å². The van der Waals surface area contributed by atoms with Crippen molar-refractivity contribution in [3.8, 4) is 56.2 Å². The standard InChI is InChI=1S/C32H22N4/c1-3-7-25(8-4-1)30-22-31(26-9-5-2-6-10-26)36-32(35-30)29-20-27(23-11-15-33-16-12-23)19-28(21-29)24-13-17-34-18-14-24/h1-22H. The Balaban J connectivity index is 1.58. The lowest BCUT2D eigenvalue weighted by atomic mass is 9.96. The Morgan fingerprint density at radius 1 is 0.333 bits per heavy atom. The Kier molecular flexibility index (Phi) is 5.83. The largest absolute Gasteiger partial charge is 0.265 e. The van der Waals surface area contributed by atoms with Gasteiger partial charge in [0.25, 0.3) is 0 Å². The summed E-state index contributed by atoms with van der Waals surface area (Å²) in [6.45, 7) is 0. The van der Waals surface area contributed by atoms with Crippen molar-refractivity contribution in [2.45, 2.75) is 0 Å². The smallest absolute Gasteiger partial charge is 0.160 e. The second-order valence-electron chi connectivity index (χ2n) is 8.46. The summed E-state index contributed by atoms with van der Waals surface area (Å²) in [7, 11) is 0. The summed E-state index contributed by atoms with van der Waals surface area (Å²) in [6.07, 6.45) is 7.25. The van der Waals surface area contributed by atoms with Gasteiger partial charge in [-0.05, 0) is 70.8 Å². The average molecular weight is 463 g/mol. The fourth-order valence-electron chi connectivity index (χ4n) is 4.27. The van der Waals surface area contributed by atoms with E-state index in [1.807, 2.05) is 85.5 Å². The highest BCUT2D eigenvalue weighted by Crippen LogP contribution is 2.33. The molecule has 3 heterocycles. The predicted octanol–water partition coefficient (Wildman–Crippen LogP) is 7.60. The van der Waals surface area contributed by atoms with Gasteiger partial charge in [0.05, 0.1) is 11.4 Å². The molecule has 0 spiro atoms. The maximum Gasteiger partial charge on any atom is 0.160 e. The van der Waals surface area contributed by atoms with Crippen LogP contribution >= 0.6 is 0 Å². The van der Waals surface area contributed by atoms with Crippen molar-refractivity contribution >= 4 is 0 Å². The van der Waals surface area contributed by atoms with E-state index in [2.05, 4.69) is 58.5 Å². The van der Waals surface area contributed by atoms with Crippen LogP contribution in [0.3, 0.4) is 0 Å². The lowest BCUT2D eigenvalue weighted by molar-refractivity contribution is 1.18. The van der Waals surface area contributed by atoms with Gasteiger partial charge in [-0.25, -0.2) is 9.97 Å². The summed E-state index contributed by atoms with van der Waals surface area (Å²) in [4.78, 5) is 18.4. The number of benzene rings is 3. The molecule has 0 aliphatic heterocycles. The van der Waals surface area contributed by atoms with Crippen LogP contribution in [0.15, 0.2) is 134 Å². The number of pyridine rings is 2. The topological polar surface area (TPSA) is 51.6 Å². The quantitative estimate of drug-likeness (QED) is 0.265. The first-order valence-electron chi connectivity index (χ1n) is 11.8. The van der Waals surface area contributed by atoms with E-state index in [0.717, 1.165) is 50.3 Å². The first-order chi connectivity index (χ1) is 17.8. The molecule has 0 saturated heterocycles. The van der Waals surface area contributed by atoms with E-state index in [0.29, 0.717) is 5.82 Å². The molecule has 4 nitrogen and oxygen atoms in total. The molecule has 36 heavy (non-hydrogen) atoms. The molecule has 0 amide bonds. The van der Waals surface area contributed by atoms with Crippen LogP contribution in [0, 0.1) is 0 Å². The van der Waals surface area contributed by atoms with Crippen LogP contribution < -0.4 is 0 Å². The fraction of sp³-hybridized carbons (Fsp3) is 0. The zero-order valence-corrected chi connectivity index (χ0v) is 19.5. The van der Waals surface area contributed by atoms with Gasteiger partial charge in [-0.3, -0.25) is 9.97 Å². The predicted molar refractivity (Wildman–Crippen MR) is 145 cm³/mol. The molecule has 6 rings (SSSR count). The third-order valence-corrected chi connectivity index (χ3v) is 6.08. The Morgan fingerprint density at radius 3 is 1.19 bits per heavy atom. The van der Waals surface area contributed by atoms with E-state index in [-0.39, 0.29) is 0 Å². The van der Waals surface area contributed by atoms with E-state index < -0.39 is 0 Å². The molecule has 0 fully saturated rings. The van der Waals surface area contributed by atoms with Crippen molar-refractivity contribution in [2.24, 2.45) is 0 Å². The van der Waals surface area contributed by atoms with Crippen LogP contribution in [0.25, 0.3) is 56.2 Å². The lowest BCUT2D eigenvalue weighted by Crippen LogP contribution is -1.97. The SMILES string of the molecule is c1ccc(-c2cc(-c3ccccc3)nc(-c3cc(-c4ccncc4)cc(-c4ccncc4)c3)n2)cc1. The number of hydrogen-bond donors (Lipinski definition) is 0. The molecule has 0 aliphatic carbocycles. The van der Waals surface area contributed by atoms with Gasteiger partial charge in [0.2, 0.25) is 0 Å². The highest BCUT2D eigenvalue weighted by molar-refractivity contribution is 5.80. The minimum Gasteiger partial charge on any atom is -0.265 e. The van der Waals surface area contributed by atoms with Crippen molar-refractivity contribution in [3.05, 3.63) is 134 Å². The molecule has 6 aromatic rings. The third kappa shape index (κ3) is 4.52. The van der Waals surface area contributed by atoms with E-state index in [1.54, 1.807) is 0 Å². The highest BCUT2D eigenvalue weighted by Gasteiger charge is 2.13. The van der Waals surface area contributed by atoms with Crippen LogP contribution in [0.2, 0.25) is 0 Å². The second kappa shape index (κ2) is 9.72. The van der Waals surface area contributed by atoms with Crippen molar-refractivity contribution < 1.29 is 0 Å². The van der Waals surface area contributed by atoms with E-state index >= 15 is 0 Å². The number of hydrogen-bond acceptors (Lipinski definition) is 4.